The summed E-state index contributed by atoms with van der Waals surface area (Å²) in [6.07, 6.45) is -2.29. The molecule has 0 fully saturated rings. The van der Waals surface area contributed by atoms with Gasteiger partial charge in [0, 0.05) is 25.5 Å². The normalized spacial score (nSPS) is 11.0. The van der Waals surface area contributed by atoms with Crippen molar-refractivity contribution in [3.63, 3.8) is 0 Å². The molecule has 0 spiro atoms. The number of aromatic nitrogens is 2. The zero-order chi connectivity index (χ0) is 23.1. The van der Waals surface area contributed by atoms with Gasteiger partial charge in [0.05, 0.1) is 22.5 Å². The molecule has 0 aliphatic heterocycles. The molecule has 5 N–H and O–H groups in total. The van der Waals surface area contributed by atoms with Gasteiger partial charge in [0.2, 0.25) is 0 Å². The standard InChI is InChI=1S/C21H19F3N6O2/c22-21(23,24)17-7-5-13(11-28-17)19(31)27-10-9-26-18-8-6-14(12-29-18)20(32)30-16-4-2-1-3-15(16)25/h1-8,11-12H,9-10,25H2,(H,26,29)(H,27,31)(H,30,32). The van der Waals surface area contributed by atoms with E-state index in [4.69, 9.17) is 5.73 Å². The zero-order valence-corrected chi connectivity index (χ0v) is 16.6. The third-order valence-corrected chi connectivity index (χ3v) is 4.27. The number of alkyl halides is 3. The minimum absolute atomic E-state index is 0.0190. The third-order valence-electron chi connectivity index (χ3n) is 4.27. The molecule has 0 unspecified atom stereocenters. The van der Waals surface area contributed by atoms with E-state index in [9.17, 15) is 22.8 Å². The van der Waals surface area contributed by atoms with Gasteiger partial charge >= 0.3 is 6.18 Å². The van der Waals surface area contributed by atoms with Gasteiger partial charge < -0.3 is 21.7 Å². The molecule has 0 radical (unpaired) electrons. The first kappa shape index (κ1) is 22.5. The van der Waals surface area contributed by atoms with Crippen LogP contribution in [0.15, 0.2) is 60.9 Å². The number of para-hydroxylation sites is 2. The summed E-state index contributed by atoms with van der Waals surface area (Å²) in [5.41, 5.74) is 6.04. The van der Waals surface area contributed by atoms with E-state index in [-0.39, 0.29) is 18.0 Å². The number of nitrogens with zero attached hydrogens (tertiary/aromatic N) is 2. The molecule has 2 aromatic heterocycles. The number of carbonyl (C=O) groups excluding carboxylic acids is 2. The molecule has 0 atom stereocenters. The van der Waals surface area contributed by atoms with Crippen LogP contribution >= 0.6 is 0 Å². The number of nitrogen functional groups attached to an aromatic ring is 1. The maximum absolute atomic E-state index is 12.5. The Morgan fingerprint density at radius 1 is 0.875 bits per heavy atom. The van der Waals surface area contributed by atoms with Gasteiger partial charge in [-0.15, -0.1) is 0 Å². The van der Waals surface area contributed by atoms with Gasteiger partial charge in [-0.25, -0.2) is 4.98 Å². The maximum atomic E-state index is 12.5. The van der Waals surface area contributed by atoms with Crippen molar-refractivity contribution in [3.8, 4) is 0 Å². The minimum atomic E-state index is -4.56. The molecule has 0 bridgehead atoms. The smallest absolute Gasteiger partial charge is 0.397 e. The highest BCUT2D eigenvalue weighted by molar-refractivity contribution is 6.05. The van der Waals surface area contributed by atoms with Crippen LogP contribution in [0.25, 0.3) is 0 Å². The number of carbonyl (C=O) groups is 2. The van der Waals surface area contributed by atoms with Crippen LogP contribution in [0.5, 0.6) is 0 Å². The Labute approximate surface area is 181 Å². The lowest BCUT2D eigenvalue weighted by molar-refractivity contribution is -0.141. The van der Waals surface area contributed by atoms with Crippen LogP contribution in [0.1, 0.15) is 26.4 Å². The monoisotopic (exact) mass is 444 g/mol. The number of nitrogens with one attached hydrogen (secondary N) is 3. The highest BCUT2D eigenvalue weighted by atomic mass is 19.4. The van der Waals surface area contributed by atoms with Gasteiger partial charge in [0.25, 0.3) is 11.8 Å². The number of halogens is 3. The molecule has 3 rings (SSSR count). The van der Waals surface area contributed by atoms with Crippen molar-refractivity contribution in [2.24, 2.45) is 0 Å². The lowest BCUT2D eigenvalue weighted by Crippen LogP contribution is -2.29. The fraction of sp³-hybridized carbons (Fsp3) is 0.143. The van der Waals surface area contributed by atoms with E-state index in [1.807, 2.05) is 0 Å². The molecule has 32 heavy (non-hydrogen) atoms. The van der Waals surface area contributed by atoms with Crippen molar-refractivity contribution in [1.82, 2.24) is 15.3 Å². The Kier molecular flexibility index (Phi) is 6.88. The predicted molar refractivity (Wildman–Crippen MR) is 113 cm³/mol. The van der Waals surface area contributed by atoms with Gasteiger partial charge in [-0.1, -0.05) is 12.1 Å². The predicted octanol–water partition coefficient (Wildman–Crippen LogP) is 3.17. The highest BCUT2D eigenvalue weighted by Gasteiger charge is 2.32. The van der Waals surface area contributed by atoms with Gasteiger partial charge in [-0.2, -0.15) is 13.2 Å². The van der Waals surface area contributed by atoms with Gasteiger partial charge in [-0.3, -0.25) is 14.6 Å². The van der Waals surface area contributed by atoms with Crippen LogP contribution in [-0.4, -0.2) is 34.9 Å². The maximum Gasteiger partial charge on any atom is 0.433 e. The highest BCUT2D eigenvalue weighted by Crippen LogP contribution is 2.27. The number of nitrogens with two attached hydrogens (primary N) is 1. The van der Waals surface area contributed by atoms with Crippen molar-refractivity contribution >= 4 is 29.0 Å². The van der Waals surface area contributed by atoms with Gasteiger partial charge in [0.1, 0.15) is 11.5 Å². The molecule has 2 heterocycles. The van der Waals surface area contributed by atoms with Crippen LogP contribution < -0.4 is 21.7 Å². The molecular formula is C21H19F3N6O2. The largest absolute Gasteiger partial charge is 0.433 e. The quantitative estimate of drug-likeness (QED) is 0.328. The average molecular weight is 444 g/mol. The summed E-state index contributed by atoms with van der Waals surface area (Å²) >= 11 is 0. The molecule has 0 saturated carbocycles. The lowest BCUT2D eigenvalue weighted by Gasteiger charge is -2.10. The SMILES string of the molecule is Nc1ccccc1NC(=O)c1ccc(NCCNC(=O)c2ccc(C(F)(F)F)nc2)nc1. The number of pyridine rings is 2. The molecule has 3 aromatic rings. The number of anilines is 3. The zero-order valence-electron chi connectivity index (χ0n) is 16.6. The minimum Gasteiger partial charge on any atom is -0.397 e. The van der Waals surface area contributed by atoms with Gasteiger partial charge in [0.15, 0.2) is 0 Å². The van der Waals surface area contributed by atoms with E-state index >= 15 is 0 Å². The van der Waals surface area contributed by atoms with Crippen LogP contribution in [0.2, 0.25) is 0 Å². The summed E-state index contributed by atoms with van der Waals surface area (Å²) in [5, 5.41) is 8.23. The second kappa shape index (κ2) is 9.77. The van der Waals surface area contributed by atoms with Crippen molar-refractivity contribution in [1.29, 1.82) is 0 Å². The summed E-state index contributed by atoms with van der Waals surface area (Å²) < 4.78 is 37.5. The first-order chi connectivity index (χ1) is 15.2. The lowest BCUT2D eigenvalue weighted by atomic mass is 10.2. The Morgan fingerprint density at radius 3 is 2.19 bits per heavy atom. The van der Waals surface area contributed by atoms with Crippen LogP contribution in [0.3, 0.4) is 0 Å². The van der Waals surface area contributed by atoms with Crippen molar-refractivity contribution in [2.75, 3.05) is 29.5 Å². The van der Waals surface area contributed by atoms with Crippen LogP contribution in [-0.2, 0) is 6.18 Å². The number of benzene rings is 1. The van der Waals surface area contributed by atoms with E-state index in [2.05, 4.69) is 25.9 Å². The summed E-state index contributed by atoms with van der Waals surface area (Å²) in [7, 11) is 0. The first-order valence-corrected chi connectivity index (χ1v) is 9.41. The number of hydrogen-bond acceptors (Lipinski definition) is 6. The third kappa shape index (κ3) is 5.94. The molecular weight excluding hydrogens is 425 g/mol. The summed E-state index contributed by atoms with van der Waals surface area (Å²) in [5.74, 6) is -0.432. The second-order valence-corrected chi connectivity index (χ2v) is 6.59. The summed E-state index contributed by atoms with van der Waals surface area (Å²) in [6.45, 7) is 0.496. The Morgan fingerprint density at radius 2 is 1.56 bits per heavy atom. The van der Waals surface area contributed by atoms with E-state index in [1.165, 1.54) is 6.20 Å². The van der Waals surface area contributed by atoms with E-state index in [0.717, 1.165) is 18.3 Å². The fourth-order valence-electron chi connectivity index (χ4n) is 2.60. The van der Waals surface area contributed by atoms with Crippen molar-refractivity contribution in [3.05, 3.63) is 77.7 Å². The molecule has 0 aliphatic carbocycles. The summed E-state index contributed by atoms with van der Waals surface area (Å²) in [6, 6.07) is 11.9. The van der Waals surface area contributed by atoms with Crippen LogP contribution in [0.4, 0.5) is 30.4 Å². The number of rotatable bonds is 7. The topological polar surface area (TPSA) is 122 Å². The van der Waals surface area contributed by atoms with Crippen molar-refractivity contribution < 1.29 is 22.8 Å². The van der Waals surface area contributed by atoms with Gasteiger partial charge in [-0.05, 0) is 36.4 Å². The first-order valence-electron chi connectivity index (χ1n) is 9.41. The summed E-state index contributed by atoms with van der Waals surface area (Å²) in [4.78, 5) is 31.7. The number of hydrogen-bond donors (Lipinski definition) is 4. The second-order valence-electron chi connectivity index (χ2n) is 6.59. The van der Waals surface area contributed by atoms with Crippen molar-refractivity contribution in [2.45, 2.75) is 6.18 Å². The van der Waals surface area contributed by atoms with E-state index in [0.29, 0.717) is 29.3 Å². The molecule has 8 nitrogen and oxygen atoms in total. The van der Waals surface area contributed by atoms with E-state index in [1.54, 1.807) is 36.4 Å². The molecule has 1 aromatic carbocycles. The Bertz CT molecular complexity index is 1090. The average Bonchev–Trinajstić information content (AvgIpc) is 2.78. The van der Waals surface area contributed by atoms with E-state index < -0.39 is 17.8 Å². The molecule has 11 heteroatoms. The Hall–Kier alpha value is -4.15. The fourth-order valence-corrected chi connectivity index (χ4v) is 2.60. The van der Waals surface area contributed by atoms with Crippen LogP contribution in [0, 0.1) is 0 Å². The molecule has 0 saturated heterocycles. The number of amides is 2. The molecule has 0 aliphatic rings. The molecule has 166 valence electrons. The Balaban J connectivity index is 1.45. The molecule has 2 amide bonds.